The average Bonchev–Trinajstić information content (AvgIpc) is 2.70. The molecule has 0 saturated heterocycles. The first-order valence-corrected chi connectivity index (χ1v) is 6.00. The molecular formula is C11H10Cl2N4O. The Hall–Kier alpha value is -1.59. The molecule has 1 N–H and O–H groups in total. The minimum Gasteiger partial charge on any atom is -0.342 e. The number of amides is 1. The molecule has 0 saturated carbocycles. The molecule has 0 aliphatic heterocycles. The van der Waals surface area contributed by atoms with Crippen molar-refractivity contribution in [1.29, 1.82) is 0 Å². The van der Waals surface area contributed by atoms with Crippen LogP contribution >= 0.6 is 23.2 Å². The number of anilines is 1. The number of nitrogens with one attached hydrogen (secondary N) is 1. The number of aryl methyl sites for hydroxylation is 1. The van der Waals surface area contributed by atoms with Gasteiger partial charge in [0, 0.05) is 18.8 Å². The molecule has 0 aromatic carbocycles. The van der Waals surface area contributed by atoms with Crippen LogP contribution in [0.3, 0.4) is 0 Å². The summed E-state index contributed by atoms with van der Waals surface area (Å²) in [5.74, 6) is 0.0542. The van der Waals surface area contributed by atoms with E-state index in [2.05, 4.69) is 15.3 Å². The van der Waals surface area contributed by atoms with Gasteiger partial charge in [-0.15, -0.1) is 0 Å². The van der Waals surface area contributed by atoms with Crippen molar-refractivity contribution in [2.24, 2.45) is 0 Å². The molecule has 0 spiro atoms. The van der Waals surface area contributed by atoms with E-state index in [4.69, 9.17) is 23.2 Å². The first-order valence-electron chi connectivity index (χ1n) is 5.24. The van der Waals surface area contributed by atoms with Gasteiger partial charge in [0.25, 0.3) is 5.91 Å². The normalized spacial score (nSPS) is 10.4. The quantitative estimate of drug-likeness (QED) is 0.882. The van der Waals surface area contributed by atoms with E-state index in [0.717, 1.165) is 0 Å². The van der Waals surface area contributed by atoms with E-state index in [1.807, 2.05) is 6.92 Å². The van der Waals surface area contributed by atoms with Gasteiger partial charge in [-0.2, -0.15) is 0 Å². The summed E-state index contributed by atoms with van der Waals surface area (Å²) < 4.78 is 1.75. The molecule has 2 rings (SSSR count). The van der Waals surface area contributed by atoms with E-state index in [0.29, 0.717) is 23.1 Å². The molecule has 0 atom stereocenters. The lowest BCUT2D eigenvalue weighted by Gasteiger charge is -2.06. The van der Waals surface area contributed by atoms with Crippen molar-refractivity contribution in [3.8, 4) is 0 Å². The van der Waals surface area contributed by atoms with E-state index in [1.54, 1.807) is 16.8 Å². The summed E-state index contributed by atoms with van der Waals surface area (Å²) in [4.78, 5) is 19.7. The zero-order chi connectivity index (χ0) is 13.1. The Kier molecular flexibility index (Phi) is 3.84. The molecular weight excluding hydrogens is 275 g/mol. The topological polar surface area (TPSA) is 59.8 Å². The Bertz CT molecular complexity index is 582. The van der Waals surface area contributed by atoms with E-state index >= 15 is 0 Å². The second-order valence-corrected chi connectivity index (χ2v) is 4.33. The number of carbonyl (C=O) groups excluding carboxylic acids is 1. The monoisotopic (exact) mass is 284 g/mol. The number of aromatic nitrogens is 3. The zero-order valence-corrected chi connectivity index (χ0v) is 11.0. The molecule has 5 nitrogen and oxygen atoms in total. The van der Waals surface area contributed by atoms with Crippen molar-refractivity contribution in [3.63, 3.8) is 0 Å². The van der Waals surface area contributed by atoms with Crippen LogP contribution < -0.4 is 5.32 Å². The van der Waals surface area contributed by atoms with E-state index in [1.165, 1.54) is 12.4 Å². The number of hydrogen-bond acceptors (Lipinski definition) is 3. The summed E-state index contributed by atoms with van der Waals surface area (Å²) in [5.41, 5.74) is 0.470. The van der Waals surface area contributed by atoms with Gasteiger partial charge in [0.2, 0.25) is 0 Å². The summed E-state index contributed by atoms with van der Waals surface area (Å²) in [6.45, 7) is 2.58. The third-order valence-corrected chi connectivity index (χ3v) is 2.73. The van der Waals surface area contributed by atoms with E-state index in [-0.39, 0.29) is 11.1 Å². The van der Waals surface area contributed by atoms with Crippen LogP contribution in [0.15, 0.2) is 24.7 Å². The lowest BCUT2D eigenvalue weighted by atomic mass is 10.4. The fraction of sp³-hybridized carbons (Fsp3) is 0.182. The molecule has 2 aromatic rings. The van der Waals surface area contributed by atoms with E-state index < -0.39 is 0 Å². The van der Waals surface area contributed by atoms with Crippen LogP contribution in [0, 0.1) is 0 Å². The maximum atomic E-state index is 12.0. The van der Waals surface area contributed by atoms with Gasteiger partial charge in [0.15, 0.2) is 0 Å². The fourth-order valence-corrected chi connectivity index (χ4v) is 1.88. The Morgan fingerprint density at radius 1 is 1.39 bits per heavy atom. The molecule has 0 unspecified atom stereocenters. The molecule has 2 heterocycles. The summed E-state index contributed by atoms with van der Waals surface area (Å²) in [6, 6.07) is 3.07. The molecule has 0 aliphatic carbocycles. The maximum Gasteiger partial charge on any atom is 0.273 e. The van der Waals surface area contributed by atoms with Crippen LogP contribution in [-0.2, 0) is 6.54 Å². The standard InChI is InChI=1S/C11H10Cl2N4O/c1-2-17-5-7(12)3-8(17)11(18)16-10-4-9(13)14-6-15-10/h3-6H,2H2,1H3,(H,14,15,16,18). The predicted molar refractivity (Wildman–Crippen MR) is 70.1 cm³/mol. The summed E-state index contributed by atoms with van der Waals surface area (Å²) in [7, 11) is 0. The highest BCUT2D eigenvalue weighted by atomic mass is 35.5. The van der Waals surface area contributed by atoms with Crippen molar-refractivity contribution in [3.05, 3.63) is 40.5 Å². The highest BCUT2D eigenvalue weighted by Crippen LogP contribution is 2.16. The first kappa shape index (κ1) is 12.9. The lowest BCUT2D eigenvalue weighted by molar-refractivity contribution is 0.101. The molecule has 0 fully saturated rings. The van der Waals surface area contributed by atoms with Crippen LogP contribution in [0.4, 0.5) is 5.82 Å². The van der Waals surface area contributed by atoms with Gasteiger partial charge >= 0.3 is 0 Å². The smallest absolute Gasteiger partial charge is 0.273 e. The third kappa shape index (κ3) is 2.80. The Labute approximate surface area is 114 Å². The molecule has 18 heavy (non-hydrogen) atoms. The Balaban J connectivity index is 2.21. The van der Waals surface area contributed by atoms with Gasteiger partial charge in [-0.05, 0) is 13.0 Å². The summed E-state index contributed by atoms with van der Waals surface area (Å²) in [6.07, 6.45) is 2.98. The second kappa shape index (κ2) is 5.37. The third-order valence-electron chi connectivity index (χ3n) is 2.31. The predicted octanol–water partition coefficient (Wildman–Crippen LogP) is 2.86. The summed E-state index contributed by atoms with van der Waals surface area (Å²) >= 11 is 11.6. The average molecular weight is 285 g/mol. The maximum absolute atomic E-state index is 12.0. The summed E-state index contributed by atoms with van der Waals surface area (Å²) in [5, 5.41) is 3.42. The first-order chi connectivity index (χ1) is 8.60. The molecule has 94 valence electrons. The minimum absolute atomic E-state index is 0.268. The lowest BCUT2D eigenvalue weighted by Crippen LogP contribution is -2.17. The van der Waals surface area contributed by atoms with Gasteiger partial charge in [-0.1, -0.05) is 23.2 Å². The molecule has 0 radical (unpaired) electrons. The Morgan fingerprint density at radius 3 is 2.83 bits per heavy atom. The van der Waals surface area contributed by atoms with E-state index in [9.17, 15) is 4.79 Å². The SMILES string of the molecule is CCn1cc(Cl)cc1C(=O)Nc1cc(Cl)ncn1. The highest BCUT2D eigenvalue weighted by molar-refractivity contribution is 6.31. The number of hydrogen-bond donors (Lipinski definition) is 1. The fourth-order valence-electron chi connectivity index (χ4n) is 1.51. The van der Waals surface area contributed by atoms with Gasteiger partial charge in [-0.25, -0.2) is 9.97 Å². The van der Waals surface area contributed by atoms with Gasteiger partial charge in [-0.3, -0.25) is 4.79 Å². The van der Waals surface area contributed by atoms with Crippen molar-refractivity contribution < 1.29 is 4.79 Å². The van der Waals surface area contributed by atoms with Crippen molar-refractivity contribution >= 4 is 34.9 Å². The van der Waals surface area contributed by atoms with Crippen LogP contribution in [0.5, 0.6) is 0 Å². The van der Waals surface area contributed by atoms with Gasteiger partial charge < -0.3 is 9.88 Å². The van der Waals surface area contributed by atoms with Crippen molar-refractivity contribution in [2.45, 2.75) is 13.5 Å². The molecule has 7 heteroatoms. The Morgan fingerprint density at radius 2 is 2.17 bits per heavy atom. The highest BCUT2D eigenvalue weighted by Gasteiger charge is 2.13. The molecule has 2 aromatic heterocycles. The van der Waals surface area contributed by atoms with Crippen LogP contribution in [0.1, 0.15) is 17.4 Å². The minimum atomic E-state index is -0.293. The number of halogens is 2. The second-order valence-electron chi connectivity index (χ2n) is 3.51. The van der Waals surface area contributed by atoms with Gasteiger partial charge in [0.05, 0.1) is 5.02 Å². The van der Waals surface area contributed by atoms with Crippen LogP contribution in [0.2, 0.25) is 10.2 Å². The van der Waals surface area contributed by atoms with Crippen molar-refractivity contribution in [2.75, 3.05) is 5.32 Å². The molecule has 1 amide bonds. The largest absolute Gasteiger partial charge is 0.342 e. The number of rotatable bonds is 3. The van der Waals surface area contributed by atoms with Gasteiger partial charge in [0.1, 0.15) is 23.0 Å². The van der Waals surface area contributed by atoms with Crippen molar-refractivity contribution in [1.82, 2.24) is 14.5 Å². The molecule has 0 aliphatic rings. The van der Waals surface area contributed by atoms with Crippen LogP contribution in [0.25, 0.3) is 0 Å². The molecule has 0 bridgehead atoms. The number of carbonyl (C=O) groups is 1. The zero-order valence-electron chi connectivity index (χ0n) is 9.52. The number of nitrogens with zero attached hydrogens (tertiary/aromatic N) is 3. The van der Waals surface area contributed by atoms with Crippen LogP contribution in [-0.4, -0.2) is 20.4 Å².